The van der Waals surface area contributed by atoms with Crippen molar-refractivity contribution in [1.82, 2.24) is 19.5 Å². The lowest BCUT2D eigenvalue weighted by Crippen LogP contribution is -2.43. The largest absolute Gasteiger partial charge is 0.446 e. The van der Waals surface area contributed by atoms with E-state index in [0.717, 1.165) is 54.8 Å². The highest BCUT2D eigenvalue weighted by Gasteiger charge is 2.42. The molecule has 3 aliphatic rings. The van der Waals surface area contributed by atoms with Crippen LogP contribution in [0.3, 0.4) is 0 Å². The molecule has 0 aromatic carbocycles. The number of aromatic nitrogens is 3. The molecular weight excluding hydrogens is 457 g/mol. The van der Waals surface area contributed by atoms with Crippen LogP contribution in [-0.4, -0.2) is 51.0 Å². The number of aryl methyl sites for hydroxylation is 1. The number of ether oxygens (including phenoxy) is 1. The van der Waals surface area contributed by atoms with Gasteiger partial charge in [0.2, 0.25) is 0 Å². The second kappa shape index (κ2) is 9.62. The highest BCUT2D eigenvalue weighted by atomic mass is 19.4. The highest BCUT2D eigenvalue weighted by Crippen LogP contribution is 2.43. The van der Waals surface area contributed by atoms with Gasteiger partial charge in [-0.25, -0.2) is 14.3 Å². The summed E-state index contributed by atoms with van der Waals surface area (Å²) < 4.78 is 47.0. The zero-order valence-electron chi connectivity index (χ0n) is 20.6. The Bertz CT molecular complexity index is 1050. The van der Waals surface area contributed by atoms with Gasteiger partial charge in [0.05, 0.1) is 17.3 Å². The van der Waals surface area contributed by atoms with Crippen molar-refractivity contribution in [3.05, 3.63) is 29.2 Å². The van der Waals surface area contributed by atoms with Crippen LogP contribution in [0.25, 0.3) is 5.65 Å². The molecule has 9 heteroatoms. The zero-order valence-corrected chi connectivity index (χ0v) is 20.6. The maximum atomic E-state index is 13.1. The first-order valence-corrected chi connectivity index (χ1v) is 13.1. The topological polar surface area (TPSA) is 59.7 Å². The first-order valence-electron chi connectivity index (χ1n) is 13.1. The van der Waals surface area contributed by atoms with E-state index in [0.29, 0.717) is 31.8 Å². The molecule has 192 valence electrons. The Morgan fingerprint density at radius 3 is 2.46 bits per heavy atom. The van der Waals surface area contributed by atoms with E-state index in [-0.39, 0.29) is 36.9 Å². The van der Waals surface area contributed by atoms with E-state index in [1.165, 1.54) is 0 Å². The summed E-state index contributed by atoms with van der Waals surface area (Å²) in [6.07, 6.45) is 1.99. The number of alkyl halides is 3. The zero-order chi connectivity index (χ0) is 24.7. The van der Waals surface area contributed by atoms with E-state index in [1.54, 1.807) is 0 Å². The van der Waals surface area contributed by atoms with Gasteiger partial charge in [-0.05, 0) is 76.7 Å². The third kappa shape index (κ3) is 5.14. The van der Waals surface area contributed by atoms with E-state index < -0.39 is 12.1 Å². The van der Waals surface area contributed by atoms with Crippen LogP contribution in [0, 0.1) is 18.8 Å². The molecule has 0 N–H and O–H groups in total. The fourth-order valence-corrected chi connectivity index (χ4v) is 6.17. The molecule has 1 aliphatic heterocycles. The minimum Gasteiger partial charge on any atom is -0.446 e. The maximum Gasteiger partial charge on any atom is 0.410 e. The Morgan fingerprint density at radius 1 is 1.06 bits per heavy atom. The van der Waals surface area contributed by atoms with Crippen molar-refractivity contribution in [2.24, 2.45) is 11.8 Å². The van der Waals surface area contributed by atoms with Gasteiger partial charge in [-0.2, -0.15) is 18.3 Å². The molecule has 0 bridgehead atoms. The SMILES string of the molecule is Cc1cc([C@H]2CN(C(=O)OC3CCCC3)CC[C@@H]2C)n2nc(C3CCC(C(F)(F)F)CC3)cc2n1. The maximum absolute atomic E-state index is 13.1. The molecule has 1 amide bonds. The number of rotatable bonds is 3. The number of carbonyl (C=O) groups excluding carboxylic acids is 1. The van der Waals surface area contributed by atoms with Crippen LogP contribution in [0.15, 0.2) is 12.1 Å². The summed E-state index contributed by atoms with van der Waals surface area (Å²) in [5, 5.41) is 4.87. The first kappa shape index (κ1) is 24.4. The van der Waals surface area contributed by atoms with Gasteiger partial charge >= 0.3 is 12.3 Å². The third-order valence-corrected chi connectivity index (χ3v) is 8.38. The Balaban J connectivity index is 1.36. The minimum absolute atomic E-state index is 0.0186. The molecule has 2 atom stereocenters. The van der Waals surface area contributed by atoms with Gasteiger partial charge in [-0.15, -0.1) is 0 Å². The van der Waals surface area contributed by atoms with Crippen molar-refractivity contribution in [2.75, 3.05) is 13.1 Å². The summed E-state index contributed by atoms with van der Waals surface area (Å²) in [6, 6.07) is 3.98. The van der Waals surface area contributed by atoms with Crippen LogP contribution in [0.2, 0.25) is 0 Å². The second-order valence-corrected chi connectivity index (χ2v) is 10.9. The monoisotopic (exact) mass is 492 g/mol. The number of likely N-dealkylation sites (tertiary alicyclic amines) is 1. The summed E-state index contributed by atoms with van der Waals surface area (Å²) in [5.74, 6) is -0.752. The van der Waals surface area contributed by atoms with Crippen molar-refractivity contribution in [3.8, 4) is 0 Å². The molecule has 35 heavy (non-hydrogen) atoms. The van der Waals surface area contributed by atoms with Crippen molar-refractivity contribution in [1.29, 1.82) is 0 Å². The van der Waals surface area contributed by atoms with E-state index in [2.05, 4.69) is 11.9 Å². The number of hydrogen-bond donors (Lipinski definition) is 0. The molecule has 2 aromatic heterocycles. The van der Waals surface area contributed by atoms with Gasteiger partial charge < -0.3 is 9.64 Å². The standard InChI is InChI=1S/C26H35F3N4O2/c1-16-11-12-32(25(34)35-20-5-3-4-6-20)15-21(16)23-13-17(2)30-24-14-22(31-33(23)24)18-7-9-19(10-8-18)26(27,28)29/h13-14,16,18-21H,3-12,15H2,1-2H3/t16-,18?,19?,21-/m0/s1. The van der Waals surface area contributed by atoms with Crippen molar-refractivity contribution in [3.63, 3.8) is 0 Å². The number of amides is 1. The van der Waals surface area contributed by atoms with Crippen molar-refractivity contribution < 1.29 is 22.7 Å². The predicted octanol–water partition coefficient (Wildman–Crippen LogP) is 6.38. The van der Waals surface area contributed by atoms with Gasteiger partial charge in [0.1, 0.15) is 6.10 Å². The van der Waals surface area contributed by atoms with Crippen LogP contribution in [0.4, 0.5) is 18.0 Å². The Hall–Kier alpha value is -2.32. The summed E-state index contributed by atoms with van der Waals surface area (Å²) in [7, 11) is 0. The van der Waals surface area contributed by atoms with Crippen LogP contribution >= 0.6 is 0 Å². The normalized spacial score (nSPS) is 28.5. The fourth-order valence-electron chi connectivity index (χ4n) is 6.17. The first-order chi connectivity index (χ1) is 16.7. The lowest BCUT2D eigenvalue weighted by Gasteiger charge is -2.37. The number of nitrogens with zero attached hydrogens (tertiary/aromatic N) is 4. The third-order valence-electron chi connectivity index (χ3n) is 8.38. The number of carbonyl (C=O) groups is 1. The number of halogens is 3. The molecule has 6 nitrogen and oxygen atoms in total. The molecule has 0 spiro atoms. The molecule has 2 saturated carbocycles. The molecule has 3 heterocycles. The predicted molar refractivity (Wildman–Crippen MR) is 125 cm³/mol. The highest BCUT2D eigenvalue weighted by molar-refractivity contribution is 5.68. The molecular formula is C26H35F3N4O2. The van der Waals surface area contributed by atoms with Crippen LogP contribution < -0.4 is 0 Å². The molecule has 0 unspecified atom stereocenters. The Kier molecular flexibility index (Phi) is 6.70. The smallest absolute Gasteiger partial charge is 0.410 e. The van der Waals surface area contributed by atoms with E-state index in [4.69, 9.17) is 9.84 Å². The van der Waals surface area contributed by atoms with Crippen LogP contribution in [-0.2, 0) is 4.74 Å². The van der Waals surface area contributed by atoms with E-state index in [9.17, 15) is 18.0 Å². The van der Waals surface area contributed by atoms with Crippen molar-refractivity contribution >= 4 is 11.7 Å². The molecule has 3 fully saturated rings. The van der Waals surface area contributed by atoms with Crippen molar-refractivity contribution in [2.45, 2.75) is 95.8 Å². The minimum atomic E-state index is -4.11. The molecule has 1 saturated heterocycles. The Morgan fingerprint density at radius 2 is 1.77 bits per heavy atom. The quantitative estimate of drug-likeness (QED) is 0.499. The van der Waals surface area contributed by atoms with Gasteiger partial charge in [0, 0.05) is 36.7 Å². The van der Waals surface area contributed by atoms with E-state index in [1.807, 2.05) is 28.5 Å². The Labute approximate surface area is 204 Å². The van der Waals surface area contributed by atoms with Gasteiger partial charge in [0.25, 0.3) is 0 Å². The molecule has 0 radical (unpaired) electrons. The molecule has 5 rings (SSSR count). The van der Waals surface area contributed by atoms with Crippen LogP contribution in [0.1, 0.15) is 93.6 Å². The van der Waals surface area contributed by atoms with Gasteiger partial charge in [-0.1, -0.05) is 6.92 Å². The molecule has 2 aliphatic carbocycles. The summed E-state index contributed by atoms with van der Waals surface area (Å²) in [5.41, 5.74) is 3.43. The number of piperidine rings is 1. The van der Waals surface area contributed by atoms with E-state index >= 15 is 0 Å². The average molecular weight is 493 g/mol. The lowest BCUT2D eigenvalue weighted by molar-refractivity contribution is -0.182. The molecule has 2 aromatic rings. The summed E-state index contributed by atoms with van der Waals surface area (Å²) in [4.78, 5) is 19.4. The number of hydrogen-bond acceptors (Lipinski definition) is 4. The lowest BCUT2D eigenvalue weighted by atomic mass is 9.80. The fraction of sp³-hybridized carbons (Fsp3) is 0.731. The summed E-state index contributed by atoms with van der Waals surface area (Å²) in [6.45, 7) is 5.40. The van der Waals surface area contributed by atoms with Gasteiger partial charge in [0.15, 0.2) is 5.65 Å². The average Bonchev–Trinajstić information content (AvgIpc) is 3.48. The van der Waals surface area contributed by atoms with Crippen LogP contribution in [0.5, 0.6) is 0 Å². The second-order valence-electron chi connectivity index (χ2n) is 10.9. The number of fused-ring (bicyclic) bond motifs is 1. The van der Waals surface area contributed by atoms with Gasteiger partial charge in [-0.3, -0.25) is 0 Å². The summed E-state index contributed by atoms with van der Waals surface area (Å²) >= 11 is 0.